The van der Waals surface area contributed by atoms with Gasteiger partial charge in [0.2, 0.25) is 0 Å². The van der Waals surface area contributed by atoms with Crippen molar-refractivity contribution in [2.75, 3.05) is 74.9 Å². The monoisotopic (exact) mass is 1080 g/mol. The van der Waals surface area contributed by atoms with Crippen LogP contribution in [0.1, 0.15) is 41.3 Å². The lowest BCUT2D eigenvalue weighted by Gasteiger charge is -2.36. The second-order valence-corrected chi connectivity index (χ2v) is 23.6. The molecule has 23 heteroatoms. The number of phosphoric acid groups is 1. The molecule has 0 unspecified atom stereocenters. The van der Waals surface area contributed by atoms with Gasteiger partial charge in [-0.3, -0.25) is 14.2 Å². The van der Waals surface area contributed by atoms with E-state index in [1.807, 2.05) is 76.4 Å². The summed E-state index contributed by atoms with van der Waals surface area (Å²) in [5, 5.41) is 15.1. The predicted octanol–water partition coefficient (Wildman–Crippen LogP) is 8.06. The van der Waals surface area contributed by atoms with Gasteiger partial charge in [-0.05, 0) is 109 Å². The number of hydrogen-bond donors (Lipinski definition) is 5. The van der Waals surface area contributed by atoms with Gasteiger partial charge < -0.3 is 30.0 Å². The summed E-state index contributed by atoms with van der Waals surface area (Å²) < 4.78 is 114. The molecule has 5 N–H and O–H groups in total. The Morgan fingerprint density at radius 1 is 0.817 bits per heavy atom. The number of aliphatic hydroxyl groups excluding tert-OH is 1. The van der Waals surface area contributed by atoms with E-state index < -0.39 is 66.7 Å². The highest BCUT2D eigenvalue weighted by atomic mass is 35.5. The van der Waals surface area contributed by atoms with Gasteiger partial charge in [-0.2, -0.15) is 13.2 Å². The number of carbonyl (C=O) groups excluding carboxylic acids is 1. The number of anilines is 2. The largest absolute Gasteiger partial charge is 0.501 e. The van der Waals surface area contributed by atoms with Crippen LogP contribution in [0, 0.1) is 5.92 Å². The molecule has 7 rings (SSSR count). The van der Waals surface area contributed by atoms with E-state index >= 15 is 0 Å². The van der Waals surface area contributed by atoms with Crippen molar-refractivity contribution in [3.05, 3.63) is 137 Å². The third-order valence-electron chi connectivity index (χ3n) is 12.5. The molecule has 0 aliphatic carbocycles. The minimum Gasteiger partial charge on any atom is -0.388 e. The number of phosphoric ester groups is 1. The highest BCUT2D eigenvalue weighted by molar-refractivity contribution is 7.99. The maximum Gasteiger partial charge on any atom is 0.501 e. The van der Waals surface area contributed by atoms with E-state index in [4.69, 9.17) is 21.4 Å². The maximum absolute atomic E-state index is 14.3. The normalized spacial score (nSPS) is 16.6. The van der Waals surface area contributed by atoms with E-state index in [1.54, 1.807) is 24.3 Å². The number of nitrogens with zero attached hydrogens (tertiary/aromatic N) is 3. The van der Waals surface area contributed by atoms with E-state index in [0.717, 1.165) is 39.4 Å². The zero-order chi connectivity index (χ0) is 51.0. The molecule has 5 aromatic carbocycles. The quantitative estimate of drug-likeness (QED) is 0.0369. The molecule has 0 saturated carbocycles. The van der Waals surface area contributed by atoms with Crippen LogP contribution in [-0.4, -0.2) is 124 Å². The van der Waals surface area contributed by atoms with Crippen molar-refractivity contribution < 1.29 is 58.8 Å². The highest BCUT2D eigenvalue weighted by Gasteiger charge is 2.48. The number of carbonyl (C=O) groups is 1. The summed E-state index contributed by atoms with van der Waals surface area (Å²) in [4.78, 5) is 36.1. The minimum atomic E-state index is -6.14. The van der Waals surface area contributed by atoms with Gasteiger partial charge in [0.15, 0.2) is 0 Å². The topological polar surface area (TPSA) is 206 Å². The third-order valence-corrected chi connectivity index (χ3v) is 17.3. The van der Waals surface area contributed by atoms with E-state index in [-0.39, 0.29) is 23.8 Å². The fourth-order valence-corrected chi connectivity index (χ4v) is 12.0. The Hall–Kier alpha value is -4.51. The first-order chi connectivity index (χ1) is 33.7. The van der Waals surface area contributed by atoms with Crippen LogP contribution in [0.4, 0.5) is 24.5 Å². The van der Waals surface area contributed by atoms with Crippen molar-refractivity contribution in [1.82, 2.24) is 14.5 Å². The molecule has 0 spiro atoms. The van der Waals surface area contributed by atoms with Crippen LogP contribution in [0.2, 0.25) is 5.02 Å². The molecule has 2 atom stereocenters. The fraction of sp³-hybridized carbons (Fsp3) is 0.354. The standard InChI is InChI=1S/C48H54ClF3N5O10PS3/c49-37-14-10-34(11-15-37)42-8-4-5-9-43(42)46(58)35-20-24-57(25-21-35)39-16-12-36(13-17-39)47(59)54-71(65,66)41-18-19-44(45(32-41)70(63,64)48(50,51)52)53-38(33-69-40-6-2-1-3-7-40)22-23-55-26-28-56(29-27-55)30-31-67-68(60,61)62/h1-19,32,35,38,46,53,58H,20-31,33H2,(H,54,59)(H2,60,61,62)/t38-,46-/m0/s1. The van der Waals surface area contributed by atoms with E-state index in [2.05, 4.69) is 19.6 Å². The Bertz CT molecular complexity index is 2870. The molecule has 2 fully saturated rings. The number of thioether (sulfide) groups is 1. The summed E-state index contributed by atoms with van der Waals surface area (Å²) >= 11 is 7.49. The van der Waals surface area contributed by atoms with Crippen LogP contribution >= 0.6 is 31.2 Å². The van der Waals surface area contributed by atoms with Crippen molar-refractivity contribution in [1.29, 1.82) is 0 Å². The fourth-order valence-electron chi connectivity index (χ4n) is 8.57. The number of benzene rings is 5. The number of piperidine rings is 1. The molecule has 2 saturated heterocycles. The predicted molar refractivity (Wildman–Crippen MR) is 268 cm³/mol. The number of sulfonamides is 1. The van der Waals surface area contributed by atoms with Gasteiger partial charge in [0.25, 0.3) is 25.8 Å². The Morgan fingerprint density at radius 3 is 2.07 bits per heavy atom. The van der Waals surface area contributed by atoms with Crippen molar-refractivity contribution in [2.24, 2.45) is 5.92 Å². The lowest BCUT2D eigenvalue weighted by molar-refractivity contribution is -0.0436. The zero-order valence-corrected chi connectivity index (χ0v) is 42.3. The Labute approximate surface area is 420 Å². The molecule has 0 aromatic heterocycles. The summed E-state index contributed by atoms with van der Waals surface area (Å²) in [5.41, 5.74) is -2.93. The molecular weight excluding hydrogens is 1030 g/mol. The summed E-state index contributed by atoms with van der Waals surface area (Å²) in [6, 6.07) is 32.1. The second-order valence-electron chi connectivity index (χ2n) is 17.2. The first-order valence-electron chi connectivity index (χ1n) is 22.7. The number of rotatable bonds is 20. The number of amides is 1. The molecular formula is C48H54ClF3N5O10PS3. The summed E-state index contributed by atoms with van der Waals surface area (Å²) in [5.74, 6) is -0.841. The molecule has 71 heavy (non-hydrogen) atoms. The van der Waals surface area contributed by atoms with Crippen LogP contribution in [0.5, 0.6) is 0 Å². The zero-order valence-electron chi connectivity index (χ0n) is 38.2. The molecule has 382 valence electrons. The molecule has 5 aromatic rings. The molecule has 2 aliphatic rings. The molecule has 2 heterocycles. The van der Waals surface area contributed by atoms with Gasteiger partial charge in [0.1, 0.15) is 4.90 Å². The van der Waals surface area contributed by atoms with Gasteiger partial charge in [0.05, 0.1) is 23.3 Å². The van der Waals surface area contributed by atoms with Gasteiger partial charge in [0, 0.05) is 85.3 Å². The maximum atomic E-state index is 14.3. The Kier molecular flexibility index (Phi) is 18.0. The molecule has 15 nitrogen and oxygen atoms in total. The third kappa shape index (κ3) is 14.6. The molecule has 1 amide bonds. The van der Waals surface area contributed by atoms with E-state index in [1.165, 1.54) is 23.9 Å². The minimum absolute atomic E-state index is 0.0361. The van der Waals surface area contributed by atoms with Crippen LogP contribution in [0.15, 0.2) is 136 Å². The number of sulfone groups is 1. The average Bonchev–Trinajstić information content (AvgIpc) is 3.35. The lowest BCUT2D eigenvalue weighted by Crippen LogP contribution is -2.48. The van der Waals surface area contributed by atoms with E-state index in [0.29, 0.717) is 82.7 Å². The SMILES string of the molecule is O=C(NS(=O)(=O)c1ccc(N[C@@H](CCN2CCN(CCOP(=O)(O)O)CC2)CSc2ccccc2)c(S(=O)(=O)C(F)(F)F)c1)c1ccc(N2CCC([C@H](O)c3ccccc3-c3ccc(Cl)cc3)CC2)cc1. The first kappa shape index (κ1) is 54.3. The van der Waals surface area contributed by atoms with Crippen molar-refractivity contribution in [2.45, 2.75) is 51.6 Å². The van der Waals surface area contributed by atoms with Crippen LogP contribution < -0.4 is 14.9 Å². The summed E-state index contributed by atoms with van der Waals surface area (Å²) in [6.45, 7) is 4.03. The van der Waals surface area contributed by atoms with Crippen LogP contribution in [0.25, 0.3) is 11.1 Å². The number of alkyl halides is 3. The Balaban J connectivity index is 1.01. The number of piperazine rings is 1. The first-order valence-corrected chi connectivity index (χ1v) is 28.5. The number of nitrogens with one attached hydrogen (secondary N) is 2. The van der Waals surface area contributed by atoms with Crippen LogP contribution in [-0.2, 0) is 28.9 Å². The van der Waals surface area contributed by atoms with Crippen LogP contribution in [0.3, 0.4) is 0 Å². The van der Waals surface area contributed by atoms with Gasteiger partial charge in [-0.25, -0.2) is 26.1 Å². The van der Waals surface area contributed by atoms with Gasteiger partial charge in [-0.1, -0.05) is 66.2 Å². The van der Waals surface area contributed by atoms with Crippen molar-refractivity contribution in [3.63, 3.8) is 0 Å². The van der Waals surface area contributed by atoms with Crippen molar-refractivity contribution >= 4 is 68.3 Å². The number of aliphatic hydroxyl groups is 1. The smallest absolute Gasteiger partial charge is 0.388 e. The van der Waals surface area contributed by atoms with Gasteiger partial charge in [-0.15, -0.1) is 11.8 Å². The average molecular weight is 1080 g/mol. The molecule has 0 radical (unpaired) electrons. The summed E-state index contributed by atoms with van der Waals surface area (Å²) in [7, 11) is -15.7. The Morgan fingerprint density at radius 2 is 1.44 bits per heavy atom. The number of halogens is 4. The second kappa shape index (κ2) is 23.6. The molecule has 0 bridgehead atoms. The van der Waals surface area contributed by atoms with Gasteiger partial charge >= 0.3 is 13.3 Å². The number of hydrogen-bond acceptors (Lipinski definition) is 13. The van der Waals surface area contributed by atoms with Crippen molar-refractivity contribution in [3.8, 4) is 11.1 Å². The highest BCUT2D eigenvalue weighted by Crippen LogP contribution is 2.39. The lowest BCUT2D eigenvalue weighted by atomic mass is 9.84. The van der Waals surface area contributed by atoms with E-state index in [9.17, 15) is 44.5 Å². The summed E-state index contributed by atoms with van der Waals surface area (Å²) in [6.07, 6.45) is 0.937. The molecule has 2 aliphatic heterocycles.